The Hall–Kier alpha value is -0.930. The lowest BCUT2D eigenvalue weighted by Crippen LogP contribution is -2.37. The van der Waals surface area contributed by atoms with Gasteiger partial charge in [-0.15, -0.1) is 0 Å². The molecular formula is C14H22N2O. The molecule has 0 aromatic carbocycles. The van der Waals surface area contributed by atoms with Crippen molar-refractivity contribution in [3.63, 3.8) is 0 Å². The lowest BCUT2D eigenvalue weighted by atomic mass is 9.85. The van der Waals surface area contributed by atoms with E-state index in [1.54, 1.807) is 0 Å². The molecule has 0 aliphatic heterocycles. The third kappa shape index (κ3) is 3.05. The fraction of sp³-hybridized carbons (Fsp3) is 0.643. The minimum atomic E-state index is 0.106. The van der Waals surface area contributed by atoms with Crippen LogP contribution in [0.5, 0.6) is 0 Å². The monoisotopic (exact) mass is 234 g/mol. The average Bonchev–Trinajstić information content (AvgIpc) is 3.11. The molecule has 0 amide bonds. The van der Waals surface area contributed by atoms with E-state index >= 15 is 0 Å². The van der Waals surface area contributed by atoms with Crippen molar-refractivity contribution in [1.29, 1.82) is 0 Å². The van der Waals surface area contributed by atoms with E-state index in [9.17, 15) is 5.11 Å². The normalized spacial score (nSPS) is 18.1. The second kappa shape index (κ2) is 4.75. The Balaban J connectivity index is 1.85. The van der Waals surface area contributed by atoms with Crippen molar-refractivity contribution < 1.29 is 5.11 Å². The number of aromatic nitrogens is 1. The molecule has 0 bridgehead atoms. The van der Waals surface area contributed by atoms with Gasteiger partial charge >= 0.3 is 0 Å². The number of nitrogens with zero attached hydrogens (tertiary/aromatic N) is 1. The van der Waals surface area contributed by atoms with Crippen molar-refractivity contribution in [3.8, 4) is 0 Å². The van der Waals surface area contributed by atoms with E-state index < -0.39 is 0 Å². The third-order valence-corrected chi connectivity index (χ3v) is 3.82. The van der Waals surface area contributed by atoms with Gasteiger partial charge in [-0.2, -0.15) is 0 Å². The van der Waals surface area contributed by atoms with E-state index in [-0.39, 0.29) is 10.8 Å². The van der Waals surface area contributed by atoms with Crippen molar-refractivity contribution in [2.75, 3.05) is 19.7 Å². The maximum absolute atomic E-state index is 9.25. The van der Waals surface area contributed by atoms with E-state index in [2.05, 4.69) is 36.3 Å². The van der Waals surface area contributed by atoms with Gasteiger partial charge in [0.15, 0.2) is 0 Å². The third-order valence-electron chi connectivity index (χ3n) is 3.82. The van der Waals surface area contributed by atoms with Crippen LogP contribution in [0.25, 0.3) is 0 Å². The summed E-state index contributed by atoms with van der Waals surface area (Å²) >= 11 is 0. The van der Waals surface area contributed by atoms with Gasteiger partial charge in [0.05, 0.1) is 0 Å². The summed E-state index contributed by atoms with van der Waals surface area (Å²) in [5.41, 5.74) is 1.59. The standard InChI is InChI=1S/C14H22N2O/c1-13(2,12-3-7-15-8-4-12)9-16-10-14(11-17)5-6-14/h3-4,7-8,16-17H,5-6,9-11H2,1-2H3. The van der Waals surface area contributed by atoms with Crippen LogP contribution in [0.1, 0.15) is 32.3 Å². The molecule has 0 saturated heterocycles. The number of rotatable bonds is 6. The molecule has 1 aliphatic rings. The maximum Gasteiger partial charge on any atom is 0.0499 e. The van der Waals surface area contributed by atoms with Crippen LogP contribution in [0.3, 0.4) is 0 Å². The lowest BCUT2D eigenvalue weighted by Gasteiger charge is -2.26. The number of pyridine rings is 1. The highest BCUT2D eigenvalue weighted by Gasteiger charge is 2.41. The number of hydrogen-bond donors (Lipinski definition) is 2. The van der Waals surface area contributed by atoms with Crippen LogP contribution in [0, 0.1) is 5.41 Å². The Morgan fingerprint density at radius 3 is 2.53 bits per heavy atom. The fourth-order valence-corrected chi connectivity index (χ4v) is 2.11. The van der Waals surface area contributed by atoms with Gasteiger partial charge in [0.2, 0.25) is 0 Å². The van der Waals surface area contributed by atoms with E-state index in [1.807, 2.05) is 12.4 Å². The summed E-state index contributed by atoms with van der Waals surface area (Å²) in [5, 5.41) is 12.8. The van der Waals surface area contributed by atoms with Crippen LogP contribution < -0.4 is 5.32 Å². The van der Waals surface area contributed by atoms with Gasteiger partial charge in [-0.3, -0.25) is 4.98 Å². The van der Waals surface area contributed by atoms with Gasteiger partial charge in [0, 0.05) is 42.9 Å². The summed E-state index contributed by atoms with van der Waals surface area (Å²) < 4.78 is 0. The number of aliphatic hydroxyl groups is 1. The highest BCUT2D eigenvalue weighted by Crippen LogP contribution is 2.44. The Bertz CT molecular complexity index is 358. The SMILES string of the molecule is CC(C)(CNCC1(CO)CC1)c1ccncc1. The van der Waals surface area contributed by atoms with Gasteiger partial charge in [-0.1, -0.05) is 13.8 Å². The van der Waals surface area contributed by atoms with Crippen LogP contribution in [-0.4, -0.2) is 29.8 Å². The average molecular weight is 234 g/mol. The number of hydrogen-bond acceptors (Lipinski definition) is 3. The van der Waals surface area contributed by atoms with Crippen LogP contribution >= 0.6 is 0 Å². The molecular weight excluding hydrogens is 212 g/mol. The van der Waals surface area contributed by atoms with E-state index in [0.29, 0.717) is 6.61 Å². The quantitative estimate of drug-likeness (QED) is 0.788. The zero-order chi connectivity index (χ0) is 12.4. The second-order valence-corrected chi connectivity index (χ2v) is 5.88. The largest absolute Gasteiger partial charge is 0.396 e. The van der Waals surface area contributed by atoms with E-state index in [1.165, 1.54) is 5.56 Å². The summed E-state index contributed by atoms with van der Waals surface area (Å²) in [6, 6.07) is 4.14. The molecule has 2 rings (SSSR count). The molecule has 3 nitrogen and oxygen atoms in total. The summed E-state index contributed by atoms with van der Waals surface area (Å²) in [4.78, 5) is 4.05. The first-order valence-electron chi connectivity index (χ1n) is 6.30. The Morgan fingerprint density at radius 2 is 2.00 bits per heavy atom. The molecule has 0 spiro atoms. The minimum Gasteiger partial charge on any atom is -0.396 e. The minimum absolute atomic E-state index is 0.106. The van der Waals surface area contributed by atoms with Crippen molar-refractivity contribution in [3.05, 3.63) is 30.1 Å². The number of aliphatic hydroxyl groups excluding tert-OH is 1. The van der Waals surface area contributed by atoms with Gasteiger partial charge in [0.1, 0.15) is 0 Å². The molecule has 94 valence electrons. The first-order valence-corrected chi connectivity index (χ1v) is 6.30. The summed E-state index contributed by atoms with van der Waals surface area (Å²) in [6.07, 6.45) is 6.00. The Labute approximate surface area is 103 Å². The molecule has 0 atom stereocenters. The van der Waals surface area contributed by atoms with Gasteiger partial charge in [-0.05, 0) is 30.5 Å². The Kier molecular flexibility index (Phi) is 3.50. The highest BCUT2D eigenvalue weighted by molar-refractivity contribution is 5.21. The molecule has 0 radical (unpaired) electrons. The second-order valence-electron chi connectivity index (χ2n) is 5.88. The Morgan fingerprint density at radius 1 is 1.35 bits per heavy atom. The van der Waals surface area contributed by atoms with Gasteiger partial charge < -0.3 is 10.4 Å². The molecule has 2 N–H and O–H groups in total. The maximum atomic E-state index is 9.25. The molecule has 1 aromatic rings. The molecule has 1 heterocycles. The van der Waals surface area contributed by atoms with Crippen LogP contribution in [0.15, 0.2) is 24.5 Å². The predicted molar refractivity (Wildman–Crippen MR) is 68.9 cm³/mol. The lowest BCUT2D eigenvalue weighted by molar-refractivity contribution is 0.205. The van der Waals surface area contributed by atoms with Crippen molar-refractivity contribution in [2.24, 2.45) is 5.41 Å². The first-order chi connectivity index (χ1) is 8.08. The molecule has 1 aromatic heterocycles. The molecule has 1 saturated carbocycles. The molecule has 1 aliphatic carbocycles. The highest BCUT2D eigenvalue weighted by atomic mass is 16.3. The summed E-state index contributed by atoms with van der Waals surface area (Å²) in [7, 11) is 0. The van der Waals surface area contributed by atoms with Crippen LogP contribution in [0.4, 0.5) is 0 Å². The van der Waals surface area contributed by atoms with Crippen LogP contribution in [0.2, 0.25) is 0 Å². The molecule has 3 heteroatoms. The van der Waals surface area contributed by atoms with Crippen molar-refractivity contribution in [1.82, 2.24) is 10.3 Å². The van der Waals surface area contributed by atoms with Gasteiger partial charge in [0.25, 0.3) is 0 Å². The van der Waals surface area contributed by atoms with E-state index in [4.69, 9.17) is 0 Å². The van der Waals surface area contributed by atoms with E-state index in [0.717, 1.165) is 25.9 Å². The zero-order valence-corrected chi connectivity index (χ0v) is 10.7. The summed E-state index contributed by atoms with van der Waals surface area (Å²) in [6.45, 7) is 6.63. The zero-order valence-electron chi connectivity index (χ0n) is 10.7. The molecule has 0 unspecified atom stereocenters. The fourth-order valence-electron chi connectivity index (χ4n) is 2.11. The molecule has 17 heavy (non-hydrogen) atoms. The van der Waals surface area contributed by atoms with Crippen molar-refractivity contribution in [2.45, 2.75) is 32.1 Å². The smallest absolute Gasteiger partial charge is 0.0499 e. The predicted octanol–water partition coefficient (Wildman–Crippen LogP) is 1.72. The topological polar surface area (TPSA) is 45.1 Å². The first kappa shape index (κ1) is 12.5. The van der Waals surface area contributed by atoms with Gasteiger partial charge in [-0.25, -0.2) is 0 Å². The summed E-state index contributed by atoms with van der Waals surface area (Å²) in [5.74, 6) is 0. The molecule has 1 fully saturated rings. The van der Waals surface area contributed by atoms with Crippen LogP contribution in [-0.2, 0) is 5.41 Å². The van der Waals surface area contributed by atoms with Crippen molar-refractivity contribution >= 4 is 0 Å². The number of nitrogens with one attached hydrogen (secondary N) is 1.